The second-order valence-corrected chi connectivity index (χ2v) is 6.47. The molecule has 0 radical (unpaired) electrons. The third kappa shape index (κ3) is 5.26. The number of nitrogens with two attached hydrogens (primary N) is 1. The average Bonchev–Trinajstić information content (AvgIpc) is 2.41. The number of aryl methyl sites for hydroxylation is 1. The molecule has 0 bridgehead atoms. The fourth-order valence-electron chi connectivity index (χ4n) is 3.31. The highest BCUT2D eigenvalue weighted by Gasteiger charge is 2.17. The number of unbranched alkanes of at least 4 members (excludes halogenated alkanes) is 2. The van der Waals surface area contributed by atoms with Crippen molar-refractivity contribution < 1.29 is 0 Å². The van der Waals surface area contributed by atoms with Gasteiger partial charge in [0, 0.05) is 5.69 Å². The van der Waals surface area contributed by atoms with E-state index in [1.165, 1.54) is 63.4 Å². The number of nitrogen functional groups attached to an aromatic ring is 1. The highest BCUT2D eigenvalue weighted by molar-refractivity contribution is 5.40. The van der Waals surface area contributed by atoms with Crippen LogP contribution in [0.2, 0.25) is 0 Å². The summed E-state index contributed by atoms with van der Waals surface area (Å²) < 4.78 is 0. The Morgan fingerprint density at radius 2 is 1.84 bits per heavy atom. The maximum Gasteiger partial charge on any atom is 0.0316 e. The number of hydrogen-bond donors (Lipinski definition) is 1. The molecule has 0 aromatic heterocycles. The highest BCUT2D eigenvalue weighted by Crippen LogP contribution is 2.31. The van der Waals surface area contributed by atoms with E-state index >= 15 is 0 Å². The first-order valence-electron chi connectivity index (χ1n) is 8.08. The molecule has 1 aromatic carbocycles. The minimum atomic E-state index is 0.897. The molecule has 106 valence electrons. The van der Waals surface area contributed by atoms with Crippen LogP contribution in [0.4, 0.5) is 5.69 Å². The van der Waals surface area contributed by atoms with Gasteiger partial charge in [-0.05, 0) is 42.4 Å². The van der Waals surface area contributed by atoms with Crippen molar-refractivity contribution in [2.75, 3.05) is 5.73 Å². The molecule has 0 amide bonds. The van der Waals surface area contributed by atoms with E-state index in [0.717, 1.165) is 17.5 Å². The van der Waals surface area contributed by atoms with Crippen LogP contribution in [-0.2, 0) is 6.42 Å². The summed E-state index contributed by atoms with van der Waals surface area (Å²) in [5.74, 6) is 2.02. The summed E-state index contributed by atoms with van der Waals surface area (Å²) in [5.41, 5.74) is 8.09. The Morgan fingerprint density at radius 3 is 2.58 bits per heavy atom. The Balaban J connectivity index is 1.55. The lowest BCUT2D eigenvalue weighted by molar-refractivity contribution is 0.271. The minimum Gasteiger partial charge on any atom is -0.399 e. The summed E-state index contributed by atoms with van der Waals surface area (Å²) in [4.78, 5) is 0. The van der Waals surface area contributed by atoms with Gasteiger partial charge in [-0.2, -0.15) is 0 Å². The van der Waals surface area contributed by atoms with Crippen molar-refractivity contribution in [3.8, 4) is 0 Å². The second-order valence-electron chi connectivity index (χ2n) is 6.47. The number of hydrogen-bond acceptors (Lipinski definition) is 1. The fraction of sp³-hybridized carbons (Fsp3) is 0.667. The number of anilines is 1. The maximum atomic E-state index is 5.80. The van der Waals surface area contributed by atoms with Gasteiger partial charge in [-0.25, -0.2) is 0 Å². The van der Waals surface area contributed by atoms with Gasteiger partial charge in [-0.3, -0.25) is 0 Å². The maximum absolute atomic E-state index is 5.80. The van der Waals surface area contributed by atoms with Gasteiger partial charge in [0.25, 0.3) is 0 Å². The summed E-state index contributed by atoms with van der Waals surface area (Å²) in [6.45, 7) is 2.40. The van der Waals surface area contributed by atoms with Crippen LogP contribution in [0.1, 0.15) is 63.9 Å². The van der Waals surface area contributed by atoms with Crippen LogP contribution >= 0.6 is 0 Å². The molecule has 1 aliphatic carbocycles. The van der Waals surface area contributed by atoms with Crippen LogP contribution in [0.5, 0.6) is 0 Å². The molecule has 2 rings (SSSR count). The van der Waals surface area contributed by atoms with Crippen molar-refractivity contribution in [3.05, 3.63) is 29.8 Å². The first-order chi connectivity index (χ1) is 9.24. The average molecular weight is 259 g/mol. The smallest absolute Gasteiger partial charge is 0.0316 e. The molecule has 1 fully saturated rings. The molecule has 1 aromatic rings. The lowest BCUT2D eigenvalue weighted by Crippen LogP contribution is -2.12. The minimum absolute atomic E-state index is 0.897. The molecular formula is C18H29N. The van der Waals surface area contributed by atoms with E-state index < -0.39 is 0 Å². The molecule has 1 saturated carbocycles. The van der Waals surface area contributed by atoms with E-state index in [1.54, 1.807) is 0 Å². The standard InChI is InChI=1S/C18H29N/c1-15-10-12-16(13-11-15)6-3-2-4-7-17-8-5-9-18(19)14-17/h5,8-9,14-16H,2-4,6-7,10-13,19H2,1H3. The van der Waals surface area contributed by atoms with Gasteiger partial charge >= 0.3 is 0 Å². The van der Waals surface area contributed by atoms with E-state index in [1.807, 2.05) is 6.07 Å². The van der Waals surface area contributed by atoms with Crippen LogP contribution in [0.15, 0.2) is 24.3 Å². The number of rotatable bonds is 6. The zero-order valence-corrected chi connectivity index (χ0v) is 12.4. The van der Waals surface area contributed by atoms with Crippen molar-refractivity contribution in [3.63, 3.8) is 0 Å². The van der Waals surface area contributed by atoms with E-state index in [-0.39, 0.29) is 0 Å². The molecule has 0 unspecified atom stereocenters. The summed E-state index contributed by atoms with van der Waals surface area (Å²) in [5, 5.41) is 0. The fourth-order valence-corrected chi connectivity index (χ4v) is 3.31. The van der Waals surface area contributed by atoms with E-state index in [9.17, 15) is 0 Å². The Labute approximate surface area is 118 Å². The Morgan fingerprint density at radius 1 is 1.05 bits per heavy atom. The lowest BCUT2D eigenvalue weighted by atomic mass is 9.80. The molecule has 1 heteroatoms. The predicted octanol–water partition coefficient (Wildman–Crippen LogP) is 5.20. The van der Waals surface area contributed by atoms with Crippen LogP contribution in [0.3, 0.4) is 0 Å². The van der Waals surface area contributed by atoms with Gasteiger partial charge in [-0.15, -0.1) is 0 Å². The molecule has 0 saturated heterocycles. The quantitative estimate of drug-likeness (QED) is 0.551. The molecule has 1 nitrogen and oxygen atoms in total. The molecular weight excluding hydrogens is 230 g/mol. The van der Waals surface area contributed by atoms with Gasteiger partial charge in [0.05, 0.1) is 0 Å². The topological polar surface area (TPSA) is 26.0 Å². The Kier molecular flexibility index (Phi) is 5.75. The highest BCUT2D eigenvalue weighted by atomic mass is 14.5. The van der Waals surface area contributed by atoms with Crippen molar-refractivity contribution in [1.82, 2.24) is 0 Å². The van der Waals surface area contributed by atoms with Gasteiger partial charge in [0.2, 0.25) is 0 Å². The summed E-state index contributed by atoms with van der Waals surface area (Å²) in [6.07, 6.45) is 12.7. The van der Waals surface area contributed by atoms with Crippen LogP contribution in [-0.4, -0.2) is 0 Å². The number of benzene rings is 1. The monoisotopic (exact) mass is 259 g/mol. The van der Waals surface area contributed by atoms with Crippen LogP contribution < -0.4 is 5.73 Å². The summed E-state index contributed by atoms with van der Waals surface area (Å²) >= 11 is 0. The van der Waals surface area contributed by atoms with Gasteiger partial charge in [0.15, 0.2) is 0 Å². The van der Waals surface area contributed by atoms with Crippen molar-refractivity contribution >= 4 is 5.69 Å². The zero-order chi connectivity index (χ0) is 13.5. The summed E-state index contributed by atoms with van der Waals surface area (Å²) in [7, 11) is 0. The predicted molar refractivity (Wildman–Crippen MR) is 84.1 cm³/mol. The zero-order valence-electron chi connectivity index (χ0n) is 12.4. The van der Waals surface area contributed by atoms with E-state index in [0.29, 0.717) is 0 Å². The van der Waals surface area contributed by atoms with Gasteiger partial charge in [-0.1, -0.05) is 64.0 Å². The third-order valence-electron chi connectivity index (χ3n) is 4.66. The van der Waals surface area contributed by atoms with Gasteiger partial charge < -0.3 is 5.73 Å². The molecule has 0 atom stereocenters. The Hall–Kier alpha value is -0.980. The normalized spacial score (nSPS) is 23.4. The van der Waals surface area contributed by atoms with Crippen LogP contribution in [0, 0.1) is 11.8 Å². The molecule has 0 spiro atoms. The largest absolute Gasteiger partial charge is 0.399 e. The lowest BCUT2D eigenvalue weighted by Gasteiger charge is -2.26. The first-order valence-corrected chi connectivity index (χ1v) is 8.08. The van der Waals surface area contributed by atoms with E-state index in [4.69, 9.17) is 5.73 Å². The molecule has 0 aliphatic heterocycles. The first kappa shape index (κ1) is 14.4. The van der Waals surface area contributed by atoms with Crippen molar-refractivity contribution in [1.29, 1.82) is 0 Å². The van der Waals surface area contributed by atoms with Crippen molar-refractivity contribution in [2.45, 2.75) is 64.7 Å². The third-order valence-corrected chi connectivity index (χ3v) is 4.66. The molecule has 1 aliphatic rings. The van der Waals surface area contributed by atoms with Gasteiger partial charge in [0.1, 0.15) is 0 Å². The second kappa shape index (κ2) is 7.57. The SMILES string of the molecule is CC1CCC(CCCCCc2cccc(N)c2)CC1. The Bertz CT molecular complexity index is 364. The summed E-state index contributed by atoms with van der Waals surface area (Å²) in [6, 6.07) is 8.34. The molecule has 19 heavy (non-hydrogen) atoms. The van der Waals surface area contributed by atoms with Crippen molar-refractivity contribution in [2.24, 2.45) is 11.8 Å². The van der Waals surface area contributed by atoms with Crippen LogP contribution in [0.25, 0.3) is 0 Å². The van der Waals surface area contributed by atoms with E-state index in [2.05, 4.69) is 25.1 Å². The molecule has 2 N–H and O–H groups in total. The molecule has 0 heterocycles.